The number of benzene rings is 2. The Labute approximate surface area is 255 Å². The standard InChI is InChI=1S/C32H28F6N4O3/c33-31(34,35)23-7-9-24(10-8-23)45-30(28(44)41-17-13-29(20-39,14-18-41)22-5-2-1-3-6-22)12-4-16-42(21-30)27(43)25-19-40-15-11-26(25)32(36,37)38/h1-3,5-11,15,19H,4,12-14,16-18,21H2. The molecule has 2 fully saturated rings. The zero-order valence-corrected chi connectivity index (χ0v) is 23.9. The number of nitrogens with zero attached hydrogens (tertiary/aromatic N) is 4. The minimum Gasteiger partial charge on any atom is -0.476 e. The summed E-state index contributed by atoms with van der Waals surface area (Å²) in [4.78, 5) is 34.0. The van der Waals surface area contributed by atoms with Gasteiger partial charge in [-0.25, -0.2) is 0 Å². The molecular weight excluding hydrogens is 602 g/mol. The van der Waals surface area contributed by atoms with Crippen LogP contribution in [0.3, 0.4) is 0 Å². The van der Waals surface area contributed by atoms with Crippen LogP contribution in [-0.4, -0.2) is 58.4 Å². The highest BCUT2D eigenvalue weighted by Gasteiger charge is 2.50. The predicted molar refractivity (Wildman–Crippen MR) is 149 cm³/mol. The Hall–Kier alpha value is -4.60. The first kappa shape index (κ1) is 31.8. The van der Waals surface area contributed by atoms with Crippen LogP contribution in [-0.2, 0) is 22.6 Å². The molecule has 2 aliphatic heterocycles. The fourth-order valence-corrected chi connectivity index (χ4v) is 6.02. The molecule has 3 aromatic rings. The molecule has 0 radical (unpaired) electrons. The number of aromatic nitrogens is 1. The van der Waals surface area contributed by atoms with E-state index in [9.17, 15) is 41.2 Å². The first-order valence-corrected chi connectivity index (χ1v) is 14.2. The first-order valence-electron chi connectivity index (χ1n) is 14.2. The molecule has 1 aromatic heterocycles. The molecule has 7 nitrogen and oxygen atoms in total. The molecule has 236 valence electrons. The number of ether oxygens (including phenoxy) is 1. The third-order valence-corrected chi connectivity index (χ3v) is 8.43. The molecule has 13 heteroatoms. The van der Waals surface area contributed by atoms with E-state index in [0.29, 0.717) is 18.9 Å². The summed E-state index contributed by atoms with van der Waals surface area (Å²) in [5.41, 5.74) is -4.66. The number of hydrogen-bond donors (Lipinski definition) is 0. The van der Waals surface area contributed by atoms with Gasteiger partial charge in [0.2, 0.25) is 5.60 Å². The molecule has 1 atom stereocenters. The highest BCUT2D eigenvalue weighted by Crippen LogP contribution is 2.39. The van der Waals surface area contributed by atoms with Gasteiger partial charge in [-0.2, -0.15) is 31.6 Å². The largest absolute Gasteiger partial charge is 0.476 e. The molecule has 0 N–H and O–H groups in total. The Morgan fingerprint density at radius 2 is 1.51 bits per heavy atom. The first-order chi connectivity index (χ1) is 21.3. The van der Waals surface area contributed by atoms with Gasteiger partial charge in [-0.3, -0.25) is 14.6 Å². The molecule has 5 rings (SSSR count). The lowest BCUT2D eigenvalue weighted by Crippen LogP contribution is -2.63. The number of piperidine rings is 2. The minimum absolute atomic E-state index is 0.0159. The van der Waals surface area contributed by atoms with Crippen molar-refractivity contribution in [3.8, 4) is 11.8 Å². The number of amides is 2. The van der Waals surface area contributed by atoms with Gasteiger partial charge in [0.25, 0.3) is 11.8 Å². The van der Waals surface area contributed by atoms with E-state index < -0.39 is 58.4 Å². The molecule has 2 amide bonds. The van der Waals surface area contributed by atoms with Crippen molar-refractivity contribution in [3.05, 3.63) is 95.3 Å². The van der Waals surface area contributed by atoms with Crippen LogP contribution in [0.15, 0.2) is 73.1 Å². The number of carbonyl (C=O) groups excluding carboxylic acids is 2. The summed E-state index contributed by atoms with van der Waals surface area (Å²) in [5, 5.41) is 10.1. The van der Waals surface area contributed by atoms with Gasteiger partial charge in [-0.15, -0.1) is 0 Å². The summed E-state index contributed by atoms with van der Waals surface area (Å²) in [6.07, 6.45) is -6.91. The maximum atomic E-state index is 14.3. The van der Waals surface area contributed by atoms with Gasteiger partial charge in [0, 0.05) is 32.0 Å². The van der Waals surface area contributed by atoms with Crippen molar-refractivity contribution in [3.63, 3.8) is 0 Å². The van der Waals surface area contributed by atoms with Crippen molar-refractivity contribution in [2.45, 2.75) is 49.1 Å². The molecule has 0 aliphatic carbocycles. The second-order valence-electron chi connectivity index (χ2n) is 11.2. The highest BCUT2D eigenvalue weighted by molar-refractivity contribution is 5.96. The van der Waals surface area contributed by atoms with E-state index in [0.717, 1.165) is 47.1 Å². The van der Waals surface area contributed by atoms with Crippen LogP contribution in [0, 0.1) is 11.3 Å². The second-order valence-corrected chi connectivity index (χ2v) is 11.2. The number of halogens is 6. The second kappa shape index (κ2) is 12.1. The lowest BCUT2D eigenvalue weighted by Gasteiger charge is -2.46. The van der Waals surface area contributed by atoms with Gasteiger partial charge < -0.3 is 14.5 Å². The Kier molecular flexibility index (Phi) is 8.53. The average Bonchev–Trinajstić information content (AvgIpc) is 3.04. The molecule has 45 heavy (non-hydrogen) atoms. The molecular formula is C32H28F6N4O3. The maximum Gasteiger partial charge on any atom is 0.417 e. The summed E-state index contributed by atoms with van der Waals surface area (Å²) < 4.78 is 86.9. The summed E-state index contributed by atoms with van der Waals surface area (Å²) in [7, 11) is 0. The van der Waals surface area contributed by atoms with E-state index in [4.69, 9.17) is 4.74 Å². The van der Waals surface area contributed by atoms with Gasteiger partial charge in [0.15, 0.2) is 0 Å². The zero-order chi connectivity index (χ0) is 32.5. The van der Waals surface area contributed by atoms with E-state index >= 15 is 0 Å². The number of pyridine rings is 1. The molecule has 2 aliphatic rings. The number of rotatable bonds is 5. The Morgan fingerprint density at radius 3 is 2.11 bits per heavy atom. The third-order valence-electron chi connectivity index (χ3n) is 8.43. The average molecular weight is 631 g/mol. The van der Waals surface area contributed by atoms with Crippen LogP contribution in [0.4, 0.5) is 26.3 Å². The molecule has 0 bridgehead atoms. The normalized spacial score (nSPS) is 20.3. The van der Waals surface area contributed by atoms with Crippen molar-refractivity contribution in [1.82, 2.24) is 14.8 Å². The molecule has 2 aromatic carbocycles. The molecule has 0 spiro atoms. The van der Waals surface area contributed by atoms with Crippen molar-refractivity contribution >= 4 is 11.8 Å². The summed E-state index contributed by atoms with van der Waals surface area (Å²) in [5.74, 6) is -1.65. The van der Waals surface area contributed by atoms with E-state index in [1.54, 1.807) is 0 Å². The summed E-state index contributed by atoms with van der Waals surface area (Å²) >= 11 is 0. The number of nitriles is 1. The Bertz CT molecular complexity index is 1580. The van der Waals surface area contributed by atoms with Gasteiger partial charge in [0.05, 0.1) is 34.7 Å². The number of hydrogen-bond acceptors (Lipinski definition) is 5. The summed E-state index contributed by atoms with van der Waals surface area (Å²) in [6, 6.07) is 15.9. The van der Waals surface area contributed by atoms with Gasteiger partial charge in [-0.05, 0) is 61.6 Å². The highest BCUT2D eigenvalue weighted by atomic mass is 19.4. The lowest BCUT2D eigenvalue weighted by molar-refractivity contribution is -0.154. The van der Waals surface area contributed by atoms with E-state index in [1.165, 1.54) is 4.90 Å². The third kappa shape index (κ3) is 6.45. The SMILES string of the molecule is N#CC1(c2ccccc2)CCN(C(=O)C2(Oc3ccc(C(F)(F)F)cc3)CCCN(C(=O)c3cnccc3C(F)(F)F)C2)CC1. The van der Waals surface area contributed by atoms with Crippen LogP contribution in [0.2, 0.25) is 0 Å². The Balaban J connectivity index is 1.46. The smallest absolute Gasteiger partial charge is 0.417 e. The van der Waals surface area contributed by atoms with Crippen molar-refractivity contribution in [2.24, 2.45) is 0 Å². The van der Waals surface area contributed by atoms with Gasteiger partial charge in [-0.1, -0.05) is 30.3 Å². The molecule has 3 heterocycles. The molecule has 0 saturated carbocycles. The predicted octanol–water partition coefficient (Wildman–Crippen LogP) is 6.26. The quantitative estimate of drug-likeness (QED) is 0.311. The van der Waals surface area contributed by atoms with Crippen molar-refractivity contribution in [1.29, 1.82) is 5.26 Å². The van der Waals surface area contributed by atoms with Crippen LogP contribution in [0.1, 0.15) is 52.7 Å². The van der Waals surface area contributed by atoms with Crippen molar-refractivity contribution in [2.75, 3.05) is 26.2 Å². The van der Waals surface area contributed by atoms with Crippen molar-refractivity contribution < 1.29 is 40.7 Å². The van der Waals surface area contributed by atoms with E-state index in [1.807, 2.05) is 30.3 Å². The monoisotopic (exact) mass is 630 g/mol. The summed E-state index contributed by atoms with van der Waals surface area (Å²) in [6.45, 7) is -0.138. The molecule has 1 unspecified atom stereocenters. The Morgan fingerprint density at radius 1 is 0.844 bits per heavy atom. The van der Waals surface area contributed by atoms with Gasteiger partial charge >= 0.3 is 12.4 Å². The van der Waals surface area contributed by atoms with Crippen LogP contribution in [0.25, 0.3) is 0 Å². The molecule has 2 saturated heterocycles. The zero-order valence-electron chi connectivity index (χ0n) is 23.9. The minimum atomic E-state index is -4.84. The van der Waals surface area contributed by atoms with E-state index in [2.05, 4.69) is 11.1 Å². The van der Waals surface area contributed by atoms with Crippen LogP contribution < -0.4 is 4.74 Å². The number of carbonyl (C=O) groups is 2. The fraction of sp³-hybridized carbons (Fsp3) is 0.375. The van der Waals surface area contributed by atoms with Gasteiger partial charge in [0.1, 0.15) is 5.75 Å². The topological polar surface area (TPSA) is 86.5 Å². The maximum absolute atomic E-state index is 14.3. The van der Waals surface area contributed by atoms with Crippen LogP contribution in [0.5, 0.6) is 5.75 Å². The van der Waals surface area contributed by atoms with Crippen LogP contribution >= 0.6 is 0 Å². The lowest BCUT2D eigenvalue weighted by atomic mass is 9.73. The number of likely N-dealkylation sites (tertiary alicyclic amines) is 2. The van der Waals surface area contributed by atoms with E-state index in [-0.39, 0.29) is 38.2 Å². The fourth-order valence-electron chi connectivity index (χ4n) is 6.02. The number of alkyl halides is 6.